The van der Waals surface area contributed by atoms with E-state index < -0.39 is 29.3 Å². The lowest BCUT2D eigenvalue weighted by Crippen LogP contribution is -2.33. The van der Waals surface area contributed by atoms with Gasteiger partial charge in [-0.2, -0.15) is 0 Å². The summed E-state index contributed by atoms with van der Waals surface area (Å²) in [6, 6.07) is 11.9. The lowest BCUT2D eigenvalue weighted by Gasteiger charge is -2.18. The topological polar surface area (TPSA) is 94.4 Å². The summed E-state index contributed by atoms with van der Waals surface area (Å²) in [6.45, 7) is -0.421. The van der Waals surface area contributed by atoms with Crippen LogP contribution in [0.25, 0.3) is 0 Å². The number of rotatable bonds is 7. The summed E-state index contributed by atoms with van der Waals surface area (Å²) in [7, 11) is 0. The number of carbonyl (C=O) groups excluding carboxylic acids is 1. The normalized spacial score (nSPS) is 11.6. The summed E-state index contributed by atoms with van der Waals surface area (Å²) >= 11 is 1.44. The maximum Gasteiger partial charge on any atom is 0.406 e. The molecule has 1 amide bonds. The first-order valence-corrected chi connectivity index (χ1v) is 8.73. The highest BCUT2D eigenvalue weighted by atomic mass is 32.1. The first-order valence-electron chi connectivity index (χ1n) is 7.85. The van der Waals surface area contributed by atoms with Gasteiger partial charge < -0.3 is 20.2 Å². The van der Waals surface area contributed by atoms with E-state index in [0.29, 0.717) is 5.56 Å². The highest BCUT2D eigenvalue weighted by Gasteiger charge is 2.20. The molecule has 0 saturated carbocycles. The van der Waals surface area contributed by atoms with Crippen LogP contribution in [0.4, 0.5) is 10.2 Å². The standard InChI is InChI=1S/C18H14FN3O4S/c19-13-7-5-12(6-8-13)17(15-4-2-10-27-15)21-16(23)11-26-14-3-1-9-20-18(14)22(24)25/h1-10,17H,11H2,(H,21,23)/t17-/m1/s1. The number of carbonyl (C=O) groups is 1. The molecule has 0 saturated heterocycles. The molecule has 138 valence electrons. The lowest BCUT2D eigenvalue weighted by atomic mass is 10.1. The molecule has 3 aromatic rings. The molecule has 0 bridgehead atoms. The molecule has 0 unspecified atom stereocenters. The van der Waals surface area contributed by atoms with Crippen LogP contribution < -0.4 is 10.1 Å². The fourth-order valence-corrected chi connectivity index (χ4v) is 3.21. The van der Waals surface area contributed by atoms with E-state index in [0.717, 1.165) is 4.88 Å². The predicted molar refractivity (Wildman–Crippen MR) is 97.1 cm³/mol. The second-order valence-electron chi connectivity index (χ2n) is 5.44. The van der Waals surface area contributed by atoms with Crippen molar-refractivity contribution >= 4 is 23.1 Å². The van der Waals surface area contributed by atoms with Crippen molar-refractivity contribution in [3.05, 3.63) is 86.5 Å². The summed E-state index contributed by atoms with van der Waals surface area (Å²) in [5.74, 6) is -1.40. The number of halogens is 1. The van der Waals surface area contributed by atoms with Crippen LogP contribution in [0.2, 0.25) is 0 Å². The Morgan fingerprint density at radius 2 is 2.04 bits per heavy atom. The highest BCUT2D eigenvalue weighted by Crippen LogP contribution is 2.27. The van der Waals surface area contributed by atoms with Crippen molar-refractivity contribution in [3.8, 4) is 5.75 Å². The Balaban J connectivity index is 1.72. The Labute approximate surface area is 157 Å². The van der Waals surface area contributed by atoms with Gasteiger partial charge >= 0.3 is 5.82 Å². The first kappa shape index (κ1) is 18.5. The van der Waals surface area contributed by atoms with Gasteiger partial charge in [0.15, 0.2) is 6.61 Å². The van der Waals surface area contributed by atoms with E-state index in [1.807, 2.05) is 17.5 Å². The van der Waals surface area contributed by atoms with E-state index in [2.05, 4.69) is 10.3 Å². The molecule has 0 fully saturated rings. The molecule has 0 aliphatic rings. The Morgan fingerprint density at radius 3 is 2.70 bits per heavy atom. The minimum atomic E-state index is -0.680. The maximum absolute atomic E-state index is 13.2. The third-order valence-electron chi connectivity index (χ3n) is 3.62. The number of benzene rings is 1. The van der Waals surface area contributed by atoms with Gasteiger partial charge in [-0.1, -0.05) is 18.2 Å². The predicted octanol–water partition coefficient (Wildman–Crippen LogP) is 3.48. The number of thiophene rings is 1. The van der Waals surface area contributed by atoms with Gasteiger partial charge in [-0.3, -0.25) is 4.79 Å². The average Bonchev–Trinajstić information content (AvgIpc) is 3.20. The molecule has 0 spiro atoms. The van der Waals surface area contributed by atoms with Crippen molar-refractivity contribution in [1.29, 1.82) is 0 Å². The summed E-state index contributed by atoms with van der Waals surface area (Å²) < 4.78 is 18.5. The van der Waals surface area contributed by atoms with Crippen LogP contribution in [-0.2, 0) is 4.79 Å². The van der Waals surface area contributed by atoms with Crippen molar-refractivity contribution in [2.75, 3.05) is 6.61 Å². The van der Waals surface area contributed by atoms with Crippen LogP contribution >= 0.6 is 11.3 Å². The number of pyridine rings is 1. The minimum absolute atomic E-state index is 0.0906. The summed E-state index contributed by atoms with van der Waals surface area (Å²) in [5.41, 5.74) is 0.708. The zero-order valence-electron chi connectivity index (χ0n) is 13.9. The summed E-state index contributed by atoms with van der Waals surface area (Å²) in [5, 5.41) is 15.6. The fourth-order valence-electron chi connectivity index (χ4n) is 2.41. The molecule has 0 aliphatic carbocycles. The first-order chi connectivity index (χ1) is 13.0. The average molecular weight is 387 g/mol. The van der Waals surface area contributed by atoms with Crippen molar-refractivity contribution in [3.63, 3.8) is 0 Å². The van der Waals surface area contributed by atoms with E-state index in [1.165, 1.54) is 41.8 Å². The number of hydrogen-bond acceptors (Lipinski definition) is 6. The molecule has 1 atom stereocenters. The van der Waals surface area contributed by atoms with Crippen LogP contribution in [0.15, 0.2) is 60.1 Å². The Hall–Kier alpha value is -3.33. The van der Waals surface area contributed by atoms with Crippen LogP contribution in [0.5, 0.6) is 5.75 Å². The number of ether oxygens (including phenoxy) is 1. The Bertz CT molecular complexity index is 932. The maximum atomic E-state index is 13.2. The lowest BCUT2D eigenvalue weighted by molar-refractivity contribution is -0.390. The third kappa shape index (κ3) is 4.64. The molecule has 1 aromatic carbocycles. The molecule has 7 nitrogen and oxygen atoms in total. The van der Waals surface area contributed by atoms with Gasteiger partial charge in [0, 0.05) is 4.88 Å². The van der Waals surface area contributed by atoms with E-state index in [1.54, 1.807) is 12.1 Å². The molecule has 2 heterocycles. The van der Waals surface area contributed by atoms with E-state index in [-0.39, 0.29) is 11.6 Å². The number of hydrogen-bond donors (Lipinski definition) is 1. The molecule has 3 rings (SSSR count). The Morgan fingerprint density at radius 1 is 1.26 bits per heavy atom. The van der Waals surface area contributed by atoms with Gasteiger partial charge in [0.05, 0.1) is 6.04 Å². The largest absolute Gasteiger partial charge is 0.476 e. The number of nitro groups is 1. The molecule has 9 heteroatoms. The number of aromatic nitrogens is 1. The molecule has 0 aliphatic heterocycles. The van der Waals surface area contributed by atoms with E-state index >= 15 is 0 Å². The molecule has 27 heavy (non-hydrogen) atoms. The van der Waals surface area contributed by atoms with Crippen molar-refractivity contribution in [2.45, 2.75) is 6.04 Å². The van der Waals surface area contributed by atoms with Crippen LogP contribution in [0.1, 0.15) is 16.5 Å². The fraction of sp³-hybridized carbons (Fsp3) is 0.111. The SMILES string of the molecule is O=C(COc1cccnc1[N+](=O)[O-])N[C@H](c1ccc(F)cc1)c1cccs1. The number of nitrogens with one attached hydrogen (secondary N) is 1. The number of amides is 1. The Kier molecular flexibility index (Phi) is 5.72. The quantitative estimate of drug-likeness (QED) is 0.495. The molecule has 2 aromatic heterocycles. The van der Waals surface area contributed by atoms with Crippen LogP contribution in [0.3, 0.4) is 0 Å². The number of nitrogens with zero attached hydrogens (tertiary/aromatic N) is 2. The molecule has 1 N–H and O–H groups in total. The van der Waals surface area contributed by atoms with Gasteiger partial charge in [0.2, 0.25) is 5.75 Å². The second kappa shape index (κ2) is 8.37. The van der Waals surface area contributed by atoms with Gasteiger partial charge in [-0.25, -0.2) is 4.39 Å². The zero-order chi connectivity index (χ0) is 19.2. The highest BCUT2D eigenvalue weighted by molar-refractivity contribution is 7.10. The van der Waals surface area contributed by atoms with Gasteiger partial charge in [-0.05, 0) is 51.2 Å². The van der Waals surface area contributed by atoms with Crippen molar-refractivity contribution in [2.24, 2.45) is 0 Å². The van der Waals surface area contributed by atoms with Gasteiger partial charge in [0.1, 0.15) is 12.0 Å². The second-order valence-corrected chi connectivity index (χ2v) is 6.42. The van der Waals surface area contributed by atoms with E-state index in [9.17, 15) is 19.3 Å². The van der Waals surface area contributed by atoms with Gasteiger partial charge in [-0.15, -0.1) is 11.3 Å². The zero-order valence-corrected chi connectivity index (χ0v) is 14.7. The van der Waals surface area contributed by atoms with Crippen LogP contribution in [0, 0.1) is 15.9 Å². The summed E-state index contributed by atoms with van der Waals surface area (Å²) in [6.07, 6.45) is 1.27. The third-order valence-corrected chi connectivity index (χ3v) is 4.56. The summed E-state index contributed by atoms with van der Waals surface area (Å²) in [4.78, 5) is 27.1. The van der Waals surface area contributed by atoms with Crippen molar-refractivity contribution < 1.29 is 18.8 Å². The van der Waals surface area contributed by atoms with E-state index in [4.69, 9.17) is 4.74 Å². The van der Waals surface area contributed by atoms with Crippen LogP contribution in [-0.4, -0.2) is 22.4 Å². The molecular formula is C18H14FN3O4S. The molecular weight excluding hydrogens is 373 g/mol. The van der Waals surface area contributed by atoms with Crippen molar-refractivity contribution in [1.82, 2.24) is 10.3 Å². The van der Waals surface area contributed by atoms with Gasteiger partial charge in [0.25, 0.3) is 5.91 Å². The minimum Gasteiger partial charge on any atom is -0.476 e. The monoisotopic (exact) mass is 387 g/mol. The smallest absolute Gasteiger partial charge is 0.406 e. The molecule has 0 radical (unpaired) electrons.